The first kappa shape index (κ1) is 16.5. The van der Waals surface area contributed by atoms with Crippen LogP contribution >= 0.6 is 0 Å². The van der Waals surface area contributed by atoms with E-state index in [2.05, 4.69) is 9.97 Å². The summed E-state index contributed by atoms with van der Waals surface area (Å²) in [6, 6.07) is 15.4. The van der Waals surface area contributed by atoms with Crippen molar-refractivity contribution in [1.82, 2.24) is 14.9 Å². The summed E-state index contributed by atoms with van der Waals surface area (Å²) in [5.74, 6) is 0.182. The number of rotatable bonds is 3. The van der Waals surface area contributed by atoms with Gasteiger partial charge in [0, 0.05) is 18.7 Å². The van der Waals surface area contributed by atoms with Crippen molar-refractivity contribution in [3.63, 3.8) is 0 Å². The first-order chi connectivity index (χ1) is 12.6. The van der Waals surface area contributed by atoms with Gasteiger partial charge in [0.2, 0.25) is 0 Å². The van der Waals surface area contributed by atoms with Gasteiger partial charge < -0.3 is 9.88 Å². The van der Waals surface area contributed by atoms with E-state index < -0.39 is 5.41 Å². The zero-order valence-corrected chi connectivity index (χ0v) is 14.7. The maximum absolute atomic E-state index is 12.9. The van der Waals surface area contributed by atoms with E-state index >= 15 is 0 Å². The number of hydrogen-bond donors (Lipinski definition) is 1. The Morgan fingerprint density at radius 3 is 2.50 bits per heavy atom. The molecule has 0 atom stereocenters. The molecule has 1 fully saturated rings. The number of amides is 1. The van der Waals surface area contributed by atoms with Gasteiger partial charge in [-0.25, -0.2) is 4.98 Å². The molecule has 132 valence electrons. The Hall–Kier alpha value is -2.95. The van der Waals surface area contributed by atoms with Crippen LogP contribution in [0.5, 0.6) is 0 Å². The van der Waals surface area contributed by atoms with Gasteiger partial charge in [-0.2, -0.15) is 0 Å². The standard InChI is InChI=1S/C21H21N3O2/c1-15(25)21(17-5-3-2-4-6-17)9-11-24(12-10-21)20(26)16-7-8-18-19(13-16)23-14-22-18/h2-8,13-14H,9-12H2,1H3,(H,22,23). The zero-order chi connectivity index (χ0) is 18.1. The number of nitrogens with zero attached hydrogens (tertiary/aromatic N) is 2. The van der Waals surface area contributed by atoms with Crippen LogP contribution in [0.1, 0.15) is 35.7 Å². The molecule has 0 bridgehead atoms. The number of ketones is 1. The number of likely N-dealkylation sites (tertiary alicyclic amines) is 1. The van der Waals surface area contributed by atoms with Gasteiger partial charge in [-0.05, 0) is 43.5 Å². The van der Waals surface area contributed by atoms with Gasteiger partial charge in [0.1, 0.15) is 5.78 Å². The van der Waals surface area contributed by atoms with Gasteiger partial charge in [0.25, 0.3) is 5.91 Å². The highest BCUT2D eigenvalue weighted by Crippen LogP contribution is 2.36. The Morgan fingerprint density at radius 2 is 1.81 bits per heavy atom. The Morgan fingerprint density at radius 1 is 1.08 bits per heavy atom. The SMILES string of the molecule is CC(=O)C1(c2ccccc2)CCN(C(=O)c2ccc3nc[nH]c3c2)CC1. The van der Waals surface area contributed by atoms with Crippen LogP contribution in [0.15, 0.2) is 54.9 Å². The number of piperidine rings is 1. The van der Waals surface area contributed by atoms with Crippen molar-refractivity contribution in [1.29, 1.82) is 0 Å². The normalized spacial score (nSPS) is 16.6. The molecule has 1 aliphatic rings. The second-order valence-corrected chi connectivity index (χ2v) is 6.93. The van der Waals surface area contributed by atoms with Crippen LogP contribution in [0.25, 0.3) is 11.0 Å². The summed E-state index contributed by atoms with van der Waals surface area (Å²) >= 11 is 0. The topological polar surface area (TPSA) is 66.1 Å². The lowest BCUT2D eigenvalue weighted by Gasteiger charge is -2.40. The molecule has 2 aromatic carbocycles. The molecule has 2 heterocycles. The lowest BCUT2D eigenvalue weighted by atomic mass is 9.70. The van der Waals surface area contributed by atoms with Crippen molar-refractivity contribution in [3.05, 3.63) is 66.0 Å². The molecule has 5 heteroatoms. The fourth-order valence-electron chi connectivity index (χ4n) is 3.94. The first-order valence-corrected chi connectivity index (χ1v) is 8.89. The van der Waals surface area contributed by atoms with Crippen LogP contribution in [0.3, 0.4) is 0 Å². The van der Waals surface area contributed by atoms with Gasteiger partial charge in [-0.15, -0.1) is 0 Å². The molecule has 26 heavy (non-hydrogen) atoms. The van der Waals surface area contributed by atoms with Crippen LogP contribution in [0.4, 0.5) is 0 Å². The van der Waals surface area contributed by atoms with E-state index in [9.17, 15) is 9.59 Å². The molecule has 1 amide bonds. The molecule has 0 saturated carbocycles. The van der Waals surface area contributed by atoms with Crippen molar-refractivity contribution in [2.45, 2.75) is 25.2 Å². The molecule has 3 aromatic rings. The molecule has 1 aromatic heterocycles. The number of aromatic nitrogens is 2. The third kappa shape index (κ3) is 2.69. The number of carbonyl (C=O) groups is 2. The highest BCUT2D eigenvalue weighted by Gasteiger charge is 2.41. The summed E-state index contributed by atoms with van der Waals surface area (Å²) < 4.78 is 0. The highest BCUT2D eigenvalue weighted by atomic mass is 16.2. The van der Waals surface area contributed by atoms with Crippen LogP contribution in [-0.4, -0.2) is 39.6 Å². The predicted molar refractivity (Wildman–Crippen MR) is 100 cm³/mol. The maximum atomic E-state index is 12.9. The third-order valence-electron chi connectivity index (χ3n) is 5.57. The molecule has 1 aliphatic heterocycles. The summed E-state index contributed by atoms with van der Waals surface area (Å²) in [6.07, 6.45) is 2.94. The lowest BCUT2D eigenvalue weighted by Crippen LogP contribution is -2.48. The second-order valence-electron chi connectivity index (χ2n) is 6.93. The Balaban J connectivity index is 1.55. The van der Waals surface area contributed by atoms with E-state index in [0.717, 1.165) is 16.6 Å². The van der Waals surface area contributed by atoms with E-state index in [1.807, 2.05) is 53.4 Å². The number of Topliss-reactive ketones (excluding diaryl/α,β-unsaturated/α-hetero) is 1. The number of H-pyrrole nitrogens is 1. The van der Waals surface area contributed by atoms with E-state index in [1.165, 1.54) is 0 Å². The molecule has 0 unspecified atom stereocenters. The average molecular weight is 347 g/mol. The molecule has 5 nitrogen and oxygen atoms in total. The minimum absolute atomic E-state index is 0.00622. The van der Waals surface area contributed by atoms with Gasteiger partial charge in [-0.1, -0.05) is 30.3 Å². The zero-order valence-electron chi connectivity index (χ0n) is 14.7. The highest BCUT2D eigenvalue weighted by molar-refractivity contribution is 5.97. The molecular weight excluding hydrogens is 326 g/mol. The van der Waals surface area contributed by atoms with Crippen molar-refractivity contribution >= 4 is 22.7 Å². The largest absolute Gasteiger partial charge is 0.345 e. The number of carbonyl (C=O) groups excluding carboxylic acids is 2. The van der Waals surface area contributed by atoms with E-state index in [1.54, 1.807) is 13.3 Å². The van der Waals surface area contributed by atoms with Crippen molar-refractivity contribution in [3.8, 4) is 0 Å². The Bertz CT molecular complexity index is 954. The van der Waals surface area contributed by atoms with Crippen LogP contribution in [-0.2, 0) is 10.2 Å². The van der Waals surface area contributed by atoms with E-state index in [-0.39, 0.29) is 11.7 Å². The van der Waals surface area contributed by atoms with Crippen molar-refractivity contribution in [2.24, 2.45) is 0 Å². The fourth-order valence-corrected chi connectivity index (χ4v) is 3.94. The summed E-state index contributed by atoms with van der Waals surface area (Å²) in [7, 11) is 0. The van der Waals surface area contributed by atoms with Crippen molar-refractivity contribution in [2.75, 3.05) is 13.1 Å². The minimum Gasteiger partial charge on any atom is -0.345 e. The smallest absolute Gasteiger partial charge is 0.253 e. The molecule has 1 N–H and O–H groups in total. The van der Waals surface area contributed by atoms with Crippen LogP contribution in [0.2, 0.25) is 0 Å². The molecule has 4 rings (SSSR count). The molecule has 0 aliphatic carbocycles. The van der Waals surface area contributed by atoms with Gasteiger partial charge in [0.05, 0.1) is 22.8 Å². The number of fused-ring (bicyclic) bond motifs is 1. The Labute approximate surface area is 152 Å². The maximum Gasteiger partial charge on any atom is 0.253 e. The van der Waals surface area contributed by atoms with Crippen LogP contribution in [0, 0.1) is 0 Å². The number of hydrogen-bond acceptors (Lipinski definition) is 3. The quantitative estimate of drug-likeness (QED) is 0.790. The number of benzene rings is 2. The monoisotopic (exact) mass is 347 g/mol. The van der Waals surface area contributed by atoms with Crippen LogP contribution < -0.4 is 0 Å². The van der Waals surface area contributed by atoms with Crippen molar-refractivity contribution < 1.29 is 9.59 Å². The number of imidazole rings is 1. The van der Waals surface area contributed by atoms with Gasteiger partial charge in [-0.3, -0.25) is 9.59 Å². The summed E-state index contributed by atoms with van der Waals surface area (Å²) in [5, 5.41) is 0. The predicted octanol–water partition coefficient (Wildman–Crippen LogP) is 3.33. The number of nitrogens with one attached hydrogen (secondary N) is 1. The fraction of sp³-hybridized carbons (Fsp3) is 0.286. The number of aromatic amines is 1. The minimum atomic E-state index is -0.481. The summed E-state index contributed by atoms with van der Waals surface area (Å²) in [6.45, 7) is 2.82. The molecular formula is C21H21N3O2. The molecule has 1 saturated heterocycles. The first-order valence-electron chi connectivity index (χ1n) is 8.89. The Kier molecular flexibility index (Phi) is 4.07. The van der Waals surface area contributed by atoms with Gasteiger partial charge in [0.15, 0.2) is 0 Å². The molecule has 0 radical (unpaired) electrons. The molecule has 0 spiro atoms. The summed E-state index contributed by atoms with van der Waals surface area (Å²) in [5.41, 5.74) is 2.93. The van der Waals surface area contributed by atoms with E-state index in [0.29, 0.717) is 31.5 Å². The average Bonchev–Trinajstić information content (AvgIpc) is 3.16. The van der Waals surface area contributed by atoms with Gasteiger partial charge >= 0.3 is 0 Å². The lowest BCUT2D eigenvalue weighted by molar-refractivity contribution is -0.124. The third-order valence-corrected chi connectivity index (χ3v) is 5.57. The second kappa shape index (κ2) is 6.41. The summed E-state index contributed by atoms with van der Waals surface area (Å²) in [4.78, 5) is 34.4. The van der Waals surface area contributed by atoms with E-state index in [4.69, 9.17) is 0 Å².